The number of nitriles is 1. The minimum atomic E-state index is -0.696. The number of likely N-dealkylation sites (N-methyl/N-ethyl adjacent to an activating group) is 1. The first-order chi connectivity index (χ1) is 18.1. The number of hydrogen-bond acceptors (Lipinski definition) is 7. The molecule has 2 aromatic carbocycles. The second-order valence-corrected chi connectivity index (χ2v) is 10.3. The number of nitrogen functional groups attached to an aromatic ring is 1. The predicted molar refractivity (Wildman–Crippen MR) is 151 cm³/mol. The molecular weight excluding hydrogens is 474 g/mol. The average Bonchev–Trinajstić information content (AvgIpc) is 2.90. The van der Waals surface area contributed by atoms with Gasteiger partial charge in [0.15, 0.2) is 0 Å². The van der Waals surface area contributed by atoms with Crippen molar-refractivity contribution >= 4 is 23.1 Å². The summed E-state index contributed by atoms with van der Waals surface area (Å²) in [6.45, 7) is 11.2. The second-order valence-electron chi connectivity index (χ2n) is 10.3. The molecule has 1 aromatic heterocycles. The SMILES string of the molecule is Cc1ccc(C(=O)Nc2cc(N3CCN(C)CC3)cc(C(C)(C)C#N)c2)cc1C#Cc1cnc(N)c(C)n1. The highest BCUT2D eigenvalue weighted by Crippen LogP contribution is 2.31. The molecule has 0 atom stereocenters. The van der Waals surface area contributed by atoms with Gasteiger partial charge in [-0.1, -0.05) is 12.0 Å². The van der Waals surface area contributed by atoms with Crippen molar-refractivity contribution < 1.29 is 4.79 Å². The minimum absolute atomic E-state index is 0.243. The van der Waals surface area contributed by atoms with Crippen LogP contribution < -0.4 is 16.0 Å². The third-order valence-electron chi connectivity index (χ3n) is 6.86. The third-order valence-corrected chi connectivity index (χ3v) is 6.86. The fourth-order valence-electron chi connectivity index (χ4n) is 4.14. The summed E-state index contributed by atoms with van der Waals surface area (Å²) < 4.78 is 0. The molecule has 8 heteroatoms. The molecule has 1 amide bonds. The van der Waals surface area contributed by atoms with Gasteiger partial charge in [-0.05, 0) is 82.1 Å². The number of piperazine rings is 1. The number of carbonyl (C=O) groups excluding carboxylic acids is 1. The number of anilines is 3. The van der Waals surface area contributed by atoms with E-state index in [0.29, 0.717) is 28.5 Å². The quantitative estimate of drug-likeness (QED) is 0.516. The Kier molecular flexibility index (Phi) is 7.66. The van der Waals surface area contributed by atoms with E-state index in [9.17, 15) is 10.1 Å². The molecule has 0 saturated carbocycles. The van der Waals surface area contributed by atoms with Crippen LogP contribution in [0, 0.1) is 37.0 Å². The Morgan fingerprint density at radius 1 is 1.08 bits per heavy atom. The molecule has 8 nitrogen and oxygen atoms in total. The van der Waals surface area contributed by atoms with E-state index < -0.39 is 5.41 Å². The van der Waals surface area contributed by atoms with Crippen molar-refractivity contribution in [2.45, 2.75) is 33.1 Å². The minimum Gasteiger partial charge on any atom is -0.382 e. The van der Waals surface area contributed by atoms with Crippen LogP contribution >= 0.6 is 0 Å². The van der Waals surface area contributed by atoms with Crippen LogP contribution in [0.4, 0.5) is 17.2 Å². The molecule has 0 unspecified atom stereocenters. The van der Waals surface area contributed by atoms with E-state index in [1.165, 1.54) is 6.20 Å². The lowest BCUT2D eigenvalue weighted by atomic mass is 9.85. The number of amides is 1. The predicted octanol–water partition coefficient (Wildman–Crippen LogP) is 3.88. The number of nitrogens with two attached hydrogens (primary N) is 1. The largest absolute Gasteiger partial charge is 0.382 e. The number of hydrogen-bond donors (Lipinski definition) is 2. The maximum absolute atomic E-state index is 13.3. The molecule has 1 aliphatic heterocycles. The van der Waals surface area contributed by atoms with Crippen molar-refractivity contribution in [2.75, 3.05) is 49.2 Å². The second kappa shape index (κ2) is 10.9. The van der Waals surface area contributed by atoms with Crippen LogP contribution in [0.1, 0.15) is 52.3 Å². The van der Waals surface area contributed by atoms with Gasteiger partial charge in [0.1, 0.15) is 11.5 Å². The zero-order valence-electron chi connectivity index (χ0n) is 22.6. The van der Waals surface area contributed by atoms with E-state index in [4.69, 9.17) is 5.73 Å². The fourth-order valence-corrected chi connectivity index (χ4v) is 4.14. The Labute approximate surface area is 224 Å². The zero-order valence-corrected chi connectivity index (χ0v) is 22.6. The van der Waals surface area contributed by atoms with Gasteiger partial charge in [-0.15, -0.1) is 0 Å². The van der Waals surface area contributed by atoms with Crippen LogP contribution in [0.15, 0.2) is 42.6 Å². The first-order valence-corrected chi connectivity index (χ1v) is 12.6. The highest BCUT2D eigenvalue weighted by atomic mass is 16.1. The normalized spacial score (nSPS) is 13.8. The molecule has 0 aliphatic carbocycles. The Morgan fingerprint density at radius 2 is 1.82 bits per heavy atom. The van der Waals surface area contributed by atoms with Gasteiger partial charge in [0, 0.05) is 48.7 Å². The van der Waals surface area contributed by atoms with E-state index >= 15 is 0 Å². The number of nitrogens with zero attached hydrogens (tertiary/aromatic N) is 5. The Balaban J connectivity index is 1.62. The Hall–Kier alpha value is -4.40. The Morgan fingerprint density at radius 3 is 2.50 bits per heavy atom. The lowest BCUT2D eigenvalue weighted by Gasteiger charge is -2.35. The van der Waals surface area contributed by atoms with Gasteiger partial charge in [-0.2, -0.15) is 5.26 Å². The zero-order chi connectivity index (χ0) is 27.4. The fraction of sp³-hybridized carbons (Fsp3) is 0.333. The first kappa shape index (κ1) is 26.7. The maximum Gasteiger partial charge on any atom is 0.255 e. The van der Waals surface area contributed by atoms with Gasteiger partial charge in [-0.25, -0.2) is 9.97 Å². The van der Waals surface area contributed by atoms with Gasteiger partial charge in [0.2, 0.25) is 0 Å². The van der Waals surface area contributed by atoms with Crippen LogP contribution in [0.25, 0.3) is 0 Å². The molecule has 194 valence electrons. The average molecular weight is 508 g/mol. The van der Waals surface area contributed by atoms with Crippen molar-refractivity contribution in [2.24, 2.45) is 0 Å². The van der Waals surface area contributed by atoms with Crippen LogP contribution in [0.2, 0.25) is 0 Å². The van der Waals surface area contributed by atoms with Crippen molar-refractivity contribution in [1.82, 2.24) is 14.9 Å². The van der Waals surface area contributed by atoms with Crippen LogP contribution in [-0.2, 0) is 5.41 Å². The van der Waals surface area contributed by atoms with E-state index in [1.807, 2.05) is 39.0 Å². The lowest BCUT2D eigenvalue weighted by Crippen LogP contribution is -2.44. The maximum atomic E-state index is 13.3. The number of aryl methyl sites for hydroxylation is 2. The number of carbonyl (C=O) groups is 1. The van der Waals surface area contributed by atoms with Gasteiger partial charge in [-0.3, -0.25) is 4.79 Å². The summed E-state index contributed by atoms with van der Waals surface area (Å²) in [7, 11) is 2.11. The Bertz CT molecular complexity index is 1470. The summed E-state index contributed by atoms with van der Waals surface area (Å²) in [6.07, 6.45) is 1.54. The van der Waals surface area contributed by atoms with Gasteiger partial charge in [0.25, 0.3) is 5.91 Å². The summed E-state index contributed by atoms with van der Waals surface area (Å²) >= 11 is 0. The summed E-state index contributed by atoms with van der Waals surface area (Å²) in [5.41, 5.74) is 10.9. The smallest absolute Gasteiger partial charge is 0.255 e. The van der Waals surface area contributed by atoms with Gasteiger partial charge in [0.05, 0.1) is 23.4 Å². The molecule has 3 aromatic rings. The highest BCUT2D eigenvalue weighted by molar-refractivity contribution is 6.04. The molecule has 1 saturated heterocycles. The molecule has 1 fully saturated rings. The highest BCUT2D eigenvalue weighted by Gasteiger charge is 2.24. The number of benzene rings is 2. The molecule has 0 radical (unpaired) electrons. The number of rotatable bonds is 4. The van der Waals surface area contributed by atoms with Crippen molar-refractivity contribution in [3.8, 4) is 17.9 Å². The summed E-state index contributed by atoms with van der Waals surface area (Å²) in [5.74, 6) is 6.26. The summed E-state index contributed by atoms with van der Waals surface area (Å²) in [4.78, 5) is 26.4. The van der Waals surface area contributed by atoms with E-state index in [0.717, 1.165) is 48.6 Å². The van der Waals surface area contributed by atoms with E-state index in [-0.39, 0.29) is 5.91 Å². The first-order valence-electron chi connectivity index (χ1n) is 12.6. The summed E-state index contributed by atoms with van der Waals surface area (Å²) in [5, 5.41) is 12.8. The van der Waals surface area contributed by atoms with Crippen LogP contribution in [-0.4, -0.2) is 54.0 Å². The van der Waals surface area contributed by atoms with Crippen LogP contribution in [0.5, 0.6) is 0 Å². The topological polar surface area (TPSA) is 111 Å². The van der Waals surface area contributed by atoms with Crippen LogP contribution in [0.3, 0.4) is 0 Å². The van der Waals surface area contributed by atoms with Gasteiger partial charge < -0.3 is 20.9 Å². The molecule has 38 heavy (non-hydrogen) atoms. The van der Waals surface area contributed by atoms with Crippen molar-refractivity contribution in [3.63, 3.8) is 0 Å². The standard InChI is InChI=1S/C30H33N7O/c1-20-6-7-23(14-22(20)8-9-25-18-33-28(32)21(2)34-25)29(38)35-26-15-24(30(3,4)19-31)16-27(17-26)37-12-10-36(5)11-13-37/h6-7,14-18H,10-13H2,1-5H3,(H2,32,33)(H,35,38). The monoisotopic (exact) mass is 507 g/mol. The molecular formula is C30H33N7O. The molecule has 1 aliphatic rings. The summed E-state index contributed by atoms with van der Waals surface area (Å²) in [6, 6.07) is 13.8. The van der Waals surface area contributed by atoms with Crippen molar-refractivity contribution in [3.05, 3.63) is 76.2 Å². The molecule has 0 spiro atoms. The van der Waals surface area contributed by atoms with E-state index in [1.54, 1.807) is 19.1 Å². The lowest BCUT2D eigenvalue weighted by molar-refractivity contribution is 0.102. The van der Waals surface area contributed by atoms with Crippen molar-refractivity contribution in [1.29, 1.82) is 5.26 Å². The van der Waals surface area contributed by atoms with E-state index in [2.05, 4.69) is 56.1 Å². The molecule has 2 heterocycles. The number of nitrogens with one attached hydrogen (secondary N) is 1. The number of aromatic nitrogens is 2. The molecule has 3 N–H and O–H groups in total. The third kappa shape index (κ3) is 6.11. The van der Waals surface area contributed by atoms with Gasteiger partial charge >= 0.3 is 0 Å². The molecule has 0 bridgehead atoms. The molecule has 4 rings (SSSR count).